The number of hydrogen-bond acceptors (Lipinski definition) is 4. The molecular weight excluding hydrogens is 152 g/mol. The van der Waals surface area contributed by atoms with Crippen molar-refractivity contribution in [1.82, 2.24) is 5.32 Å². The van der Waals surface area contributed by atoms with Gasteiger partial charge in [-0.3, -0.25) is 4.79 Å². The van der Waals surface area contributed by atoms with Gasteiger partial charge in [0.2, 0.25) is 0 Å². The van der Waals surface area contributed by atoms with Crippen molar-refractivity contribution in [3.63, 3.8) is 0 Å². The zero-order valence-electron chi connectivity index (χ0n) is 5.83. The smallest absolute Gasteiger partial charge is 0.317 e. The molecule has 0 fully saturated rings. The zero-order valence-corrected chi connectivity index (χ0v) is 6.65. The third kappa shape index (κ3) is 5.87. The zero-order chi connectivity index (χ0) is 7.98. The fraction of sp³-hybridized carbons (Fsp3) is 0.800. The van der Waals surface area contributed by atoms with Gasteiger partial charge in [0.1, 0.15) is 0 Å². The van der Waals surface area contributed by atoms with Crippen molar-refractivity contribution >= 4 is 17.7 Å². The molecule has 0 spiro atoms. The molecular formula is C5H12N2O2S. The molecule has 0 unspecified atom stereocenters. The minimum absolute atomic E-state index is 0.0145. The fourth-order valence-electron chi connectivity index (χ4n) is 0.405. The van der Waals surface area contributed by atoms with Crippen molar-refractivity contribution in [2.45, 2.75) is 5.37 Å². The van der Waals surface area contributed by atoms with E-state index in [9.17, 15) is 4.79 Å². The predicted molar refractivity (Wildman–Crippen MR) is 42.0 cm³/mol. The van der Waals surface area contributed by atoms with Crippen LogP contribution in [0.4, 0.5) is 0 Å². The Morgan fingerprint density at radius 3 is 2.90 bits per heavy atom. The summed E-state index contributed by atoms with van der Waals surface area (Å²) in [5.74, 6) is -0.853. The van der Waals surface area contributed by atoms with Crippen LogP contribution in [0.3, 0.4) is 0 Å². The SMILES string of the molecule is CS[C@@H](N)CNCC(=O)O. The molecule has 1 atom stereocenters. The largest absolute Gasteiger partial charge is 0.480 e. The van der Waals surface area contributed by atoms with E-state index in [4.69, 9.17) is 10.8 Å². The van der Waals surface area contributed by atoms with E-state index in [1.807, 2.05) is 6.26 Å². The number of nitrogens with two attached hydrogens (primary N) is 1. The quantitative estimate of drug-likeness (QED) is 0.469. The van der Waals surface area contributed by atoms with Crippen molar-refractivity contribution in [2.75, 3.05) is 19.3 Å². The average molecular weight is 164 g/mol. The molecule has 0 aliphatic carbocycles. The molecule has 0 radical (unpaired) electrons. The second kappa shape index (κ2) is 5.52. The van der Waals surface area contributed by atoms with Crippen molar-refractivity contribution in [1.29, 1.82) is 0 Å². The summed E-state index contributed by atoms with van der Waals surface area (Å²) in [4.78, 5) is 9.96. The average Bonchev–Trinajstić information content (AvgIpc) is 1.87. The number of carboxylic acid groups (broad SMARTS) is 1. The van der Waals surface area contributed by atoms with Gasteiger partial charge in [-0.05, 0) is 6.26 Å². The minimum Gasteiger partial charge on any atom is -0.480 e. The van der Waals surface area contributed by atoms with Gasteiger partial charge >= 0.3 is 5.97 Å². The molecule has 0 bridgehead atoms. The maximum atomic E-state index is 9.96. The lowest BCUT2D eigenvalue weighted by Crippen LogP contribution is -2.33. The van der Waals surface area contributed by atoms with Gasteiger partial charge in [-0.1, -0.05) is 0 Å². The topological polar surface area (TPSA) is 75.3 Å². The number of thioether (sulfide) groups is 1. The summed E-state index contributed by atoms with van der Waals surface area (Å²) in [6.07, 6.45) is 1.88. The van der Waals surface area contributed by atoms with Crippen LogP contribution in [0.2, 0.25) is 0 Å². The summed E-state index contributed by atoms with van der Waals surface area (Å²) in [5, 5.41) is 10.9. The predicted octanol–water partition coefficient (Wildman–Crippen LogP) is -0.692. The lowest BCUT2D eigenvalue weighted by Gasteiger charge is -2.06. The van der Waals surface area contributed by atoms with Crippen LogP contribution in [0.1, 0.15) is 0 Å². The normalized spacial score (nSPS) is 13.0. The second-order valence-corrected chi connectivity index (χ2v) is 2.88. The Balaban J connectivity index is 3.11. The summed E-state index contributed by atoms with van der Waals surface area (Å²) in [7, 11) is 0. The highest BCUT2D eigenvalue weighted by Gasteiger charge is 1.99. The molecule has 0 aromatic carbocycles. The maximum Gasteiger partial charge on any atom is 0.317 e. The van der Waals surface area contributed by atoms with E-state index in [0.717, 1.165) is 0 Å². The van der Waals surface area contributed by atoms with Crippen LogP contribution in [0, 0.1) is 0 Å². The van der Waals surface area contributed by atoms with E-state index < -0.39 is 5.97 Å². The molecule has 4 N–H and O–H groups in total. The van der Waals surface area contributed by atoms with Gasteiger partial charge in [0.15, 0.2) is 0 Å². The van der Waals surface area contributed by atoms with Crippen LogP contribution in [-0.4, -0.2) is 35.8 Å². The standard InChI is InChI=1S/C5H12N2O2S/c1-10-4(6)2-7-3-5(8)9/h4,7H,2-3,6H2,1H3,(H,8,9)/t4-/m1/s1. The number of rotatable bonds is 5. The molecule has 0 saturated heterocycles. The van der Waals surface area contributed by atoms with Crippen molar-refractivity contribution < 1.29 is 9.90 Å². The summed E-state index contributed by atoms with van der Waals surface area (Å²) >= 11 is 1.50. The number of hydrogen-bond donors (Lipinski definition) is 3. The minimum atomic E-state index is -0.853. The van der Waals surface area contributed by atoms with Gasteiger partial charge in [0, 0.05) is 6.54 Å². The van der Waals surface area contributed by atoms with Crippen molar-refractivity contribution in [3.8, 4) is 0 Å². The highest BCUT2D eigenvalue weighted by atomic mass is 32.2. The van der Waals surface area contributed by atoms with Crippen LogP contribution in [0.15, 0.2) is 0 Å². The van der Waals surface area contributed by atoms with Crippen LogP contribution in [0.5, 0.6) is 0 Å². The first-order valence-electron chi connectivity index (χ1n) is 2.87. The Bertz CT molecular complexity index is 110. The molecule has 60 valence electrons. The molecule has 5 heteroatoms. The summed E-state index contributed by atoms with van der Waals surface area (Å²) < 4.78 is 0. The first kappa shape index (κ1) is 9.74. The monoisotopic (exact) mass is 164 g/mol. The van der Waals surface area contributed by atoms with E-state index in [1.165, 1.54) is 11.8 Å². The number of carbonyl (C=O) groups is 1. The molecule has 0 aliphatic heterocycles. The third-order valence-corrected chi connectivity index (χ3v) is 1.70. The molecule has 0 aromatic rings. The maximum absolute atomic E-state index is 9.96. The molecule has 10 heavy (non-hydrogen) atoms. The molecule has 0 saturated carbocycles. The molecule has 0 aromatic heterocycles. The molecule has 0 aliphatic rings. The van der Waals surface area contributed by atoms with E-state index in [2.05, 4.69) is 5.32 Å². The fourth-order valence-corrected chi connectivity index (χ4v) is 0.689. The van der Waals surface area contributed by atoms with Crippen molar-refractivity contribution in [2.24, 2.45) is 5.73 Å². The van der Waals surface area contributed by atoms with Gasteiger partial charge in [-0.2, -0.15) is 0 Å². The molecule has 0 rings (SSSR count). The van der Waals surface area contributed by atoms with E-state index in [0.29, 0.717) is 6.54 Å². The Labute approximate surface area is 64.2 Å². The van der Waals surface area contributed by atoms with Crippen LogP contribution in [-0.2, 0) is 4.79 Å². The summed E-state index contributed by atoms with van der Waals surface area (Å²) in [5.41, 5.74) is 5.47. The van der Waals surface area contributed by atoms with Crippen molar-refractivity contribution in [3.05, 3.63) is 0 Å². The lowest BCUT2D eigenvalue weighted by atomic mass is 10.6. The Morgan fingerprint density at radius 1 is 1.90 bits per heavy atom. The number of aliphatic carboxylic acids is 1. The summed E-state index contributed by atoms with van der Waals surface area (Å²) in [6, 6.07) is 0. The van der Waals surface area contributed by atoms with Gasteiger partial charge in [0.25, 0.3) is 0 Å². The summed E-state index contributed by atoms with van der Waals surface area (Å²) in [6.45, 7) is 0.516. The molecule has 4 nitrogen and oxygen atoms in total. The molecule has 0 heterocycles. The lowest BCUT2D eigenvalue weighted by molar-refractivity contribution is -0.135. The van der Waals surface area contributed by atoms with Gasteiger partial charge in [-0.25, -0.2) is 0 Å². The van der Waals surface area contributed by atoms with Gasteiger partial charge in [-0.15, -0.1) is 11.8 Å². The Morgan fingerprint density at radius 2 is 2.50 bits per heavy atom. The number of carboxylic acids is 1. The highest BCUT2D eigenvalue weighted by molar-refractivity contribution is 7.99. The van der Waals surface area contributed by atoms with Crippen LogP contribution >= 0.6 is 11.8 Å². The van der Waals surface area contributed by atoms with E-state index in [-0.39, 0.29) is 11.9 Å². The first-order chi connectivity index (χ1) is 4.66. The van der Waals surface area contributed by atoms with E-state index >= 15 is 0 Å². The highest BCUT2D eigenvalue weighted by Crippen LogP contribution is 1.95. The van der Waals surface area contributed by atoms with Gasteiger partial charge < -0.3 is 16.2 Å². The third-order valence-electron chi connectivity index (χ3n) is 0.924. The number of nitrogens with one attached hydrogen (secondary N) is 1. The van der Waals surface area contributed by atoms with Crippen LogP contribution in [0.25, 0.3) is 0 Å². The molecule has 0 amide bonds. The van der Waals surface area contributed by atoms with E-state index in [1.54, 1.807) is 0 Å². The van der Waals surface area contributed by atoms with Gasteiger partial charge in [0.05, 0.1) is 11.9 Å². The Kier molecular flexibility index (Phi) is 5.38. The van der Waals surface area contributed by atoms with Crippen LogP contribution < -0.4 is 11.1 Å². The Hall–Kier alpha value is -0.260. The second-order valence-electron chi connectivity index (χ2n) is 1.80. The first-order valence-corrected chi connectivity index (χ1v) is 4.16.